The molecule has 0 amide bonds. The van der Waals surface area contributed by atoms with Crippen LogP contribution < -0.4 is 5.32 Å². The average molecular weight is 131 g/mol. The summed E-state index contributed by atoms with van der Waals surface area (Å²) < 4.78 is 4.77. The summed E-state index contributed by atoms with van der Waals surface area (Å²) in [6.45, 7) is 2.29. The maximum atomic E-state index is 9.77. The van der Waals surface area contributed by atoms with Gasteiger partial charge in [0.1, 0.15) is 6.29 Å². The lowest BCUT2D eigenvalue weighted by molar-refractivity contribution is -0.107. The van der Waals surface area contributed by atoms with E-state index in [-0.39, 0.29) is 0 Å². The van der Waals surface area contributed by atoms with E-state index >= 15 is 0 Å². The predicted molar refractivity (Wildman–Crippen MR) is 35.4 cm³/mol. The normalized spacial score (nSPS) is 9.44. The summed E-state index contributed by atoms with van der Waals surface area (Å²) in [6, 6.07) is 0. The number of methoxy groups -OCH3 is 1. The van der Waals surface area contributed by atoms with Crippen molar-refractivity contribution in [2.24, 2.45) is 0 Å². The number of carbonyl (C=O) groups is 1. The van der Waals surface area contributed by atoms with Gasteiger partial charge < -0.3 is 14.8 Å². The first kappa shape index (κ1) is 8.59. The molecule has 0 aromatic carbocycles. The van der Waals surface area contributed by atoms with Crippen LogP contribution in [0.3, 0.4) is 0 Å². The highest BCUT2D eigenvalue weighted by molar-refractivity contribution is 5.49. The summed E-state index contributed by atoms with van der Waals surface area (Å²) in [4.78, 5) is 9.77. The standard InChI is InChI=1S/C6H13NO2/c1-9-6-4-7-3-2-5-8/h5,7H,2-4,6H2,1H3. The lowest BCUT2D eigenvalue weighted by atomic mass is 10.5. The molecule has 0 radical (unpaired) electrons. The quantitative estimate of drug-likeness (QED) is 0.401. The van der Waals surface area contributed by atoms with Gasteiger partial charge in [-0.25, -0.2) is 0 Å². The van der Waals surface area contributed by atoms with Crippen LogP contribution in [0, 0.1) is 0 Å². The van der Waals surface area contributed by atoms with E-state index in [0.717, 1.165) is 19.4 Å². The largest absolute Gasteiger partial charge is 0.383 e. The smallest absolute Gasteiger partial charge is 0.121 e. The van der Waals surface area contributed by atoms with Crippen LogP contribution in [0.4, 0.5) is 0 Å². The topological polar surface area (TPSA) is 38.3 Å². The predicted octanol–water partition coefficient (Wildman–Crippen LogP) is -0.189. The Labute approximate surface area is 55.4 Å². The fraction of sp³-hybridized carbons (Fsp3) is 0.833. The maximum absolute atomic E-state index is 9.77. The third kappa shape index (κ3) is 7.59. The molecule has 0 aromatic rings. The van der Waals surface area contributed by atoms with Crippen molar-refractivity contribution in [3.63, 3.8) is 0 Å². The summed E-state index contributed by atoms with van der Waals surface area (Å²) in [5.74, 6) is 0. The Hall–Kier alpha value is -0.410. The number of nitrogens with one attached hydrogen (secondary N) is 1. The van der Waals surface area contributed by atoms with E-state index in [1.54, 1.807) is 7.11 Å². The number of aldehydes is 1. The molecule has 0 atom stereocenters. The van der Waals surface area contributed by atoms with Crippen molar-refractivity contribution in [3.8, 4) is 0 Å². The van der Waals surface area contributed by atoms with Crippen molar-refractivity contribution < 1.29 is 9.53 Å². The van der Waals surface area contributed by atoms with Gasteiger partial charge in [0.05, 0.1) is 6.61 Å². The molecule has 0 rings (SSSR count). The second kappa shape index (κ2) is 7.59. The molecule has 0 aliphatic heterocycles. The molecule has 0 fully saturated rings. The van der Waals surface area contributed by atoms with Gasteiger partial charge in [0, 0.05) is 26.6 Å². The van der Waals surface area contributed by atoms with Crippen LogP contribution in [0.5, 0.6) is 0 Å². The summed E-state index contributed by atoms with van der Waals surface area (Å²) in [7, 11) is 1.65. The summed E-state index contributed by atoms with van der Waals surface area (Å²) in [5.41, 5.74) is 0. The molecule has 54 valence electrons. The van der Waals surface area contributed by atoms with E-state index in [1.165, 1.54) is 0 Å². The third-order valence-corrected chi connectivity index (χ3v) is 0.922. The Morgan fingerprint density at radius 1 is 1.56 bits per heavy atom. The minimum atomic E-state index is 0.587. The summed E-state index contributed by atoms with van der Waals surface area (Å²) in [5, 5.41) is 3.03. The number of hydrogen-bond donors (Lipinski definition) is 1. The molecule has 3 heteroatoms. The highest BCUT2D eigenvalue weighted by atomic mass is 16.5. The SMILES string of the molecule is COCCNCCC=O. The van der Waals surface area contributed by atoms with E-state index in [0.29, 0.717) is 13.0 Å². The molecule has 0 spiro atoms. The van der Waals surface area contributed by atoms with Crippen LogP contribution in [-0.2, 0) is 9.53 Å². The fourth-order valence-corrected chi connectivity index (χ4v) is 0.460. The molecule has 0 saturated heterocycles. The highest BCUT2D eigenvalue weighted by Crippen LogP contribution is 1.67. The lowest BCUT2D eigenvalue weighted by Crippen LogP contribution is -2.20. The second-order valence-corrected chi connectivity index (χ2v) is 1.70. The molecular formula is C6H13NO2. The molecule has 1 N–H and O–H groups in total. The van der Waals surface area contributed by atoms with Gasteiger partial charge in [-0.15, -0.1) is 0 Å². The molecule has 0 aliphatic rings. The number of rotatable bonds is 6. The van der Waals surface area contributed by atoms with Gasteiger partial charge in [0.25, 0.3) is 0 Å². The molecule has 0 aromatic heterocycles. The van der Waals surface area contributed by atoms with Crippen molar-refractivity contribution in [2.75, 3.05) is 26.8 Å². The Balaban J connectivity index is 2.66. The Bertz CT molecular complexity index is 66.1. The van der Waals surface area contributed by atoms with E-state index in [9.17, 15) is 4.79 Å². The van der Waals surface area contributed by atoms with Crippen molar-refractivity contribution in [3.05, 3.63) is 0 Å². The third-order valence-electron chi connectivity index (χ3n) is 0.922. The Morgan fingerprint density at radius 3 is 2.89 bits per heavy atom. The zero-order chi connectivity index (χ0) is 6.95. The zero-order valence-corrected chi connectivity index (χ0v) is 5.72. The number of hydrogen-bond acceptors (Lipinski definition) is 3. The molecule has 9 heavy (non-hydrogen) atoms. The molecule has 0 heterocycles. The van der Waals surface area contributed by atoms with Crippen molar-refractivity contribution in [1.82, 2.24) is 5.32 Å². The van der Waals surface area contributed by atoms with Gasteiger partial charge in [-0.3, -0.25) is 0 Å². The molecule has 0 unspecified atom stereocenters. The number of carbonyl (C=O) groups excluding carboxylic acids is 1. The summed E-state index contributed by atoms with van der Waals surface area (Å²) >= 11 is 0. The molecule has 0 saturated carbocycles. The minimum Gasteiger partial charge on any atom is -0.383 e. The van der Waals surface area contributed by atoms with Gasteiger partial charge in [-0.05, 0) is 0 Å². The van der Waals surface area contributed by atoms with Gasteiger partial charge in [0.2, 0.25) is 0 Å². The van der Waals surface area contributed by atoms with Gasteiger partial charge in [-0.1, -0.05) is 0 Å². The minimum absolute atomic E-state index is 0.587. The monoisotopic (exact) mass is 131 g/mol. The molecule has 0 bridgehead atoms. The maximum Gasteiger partial charge on any atom is 0.121 e. The number of ether oxygens (including phenoxy) is 1. The van der Waals surface area contributed by atoms with Crippen LogP contribution in [-0.4, -0.2) is 33.1 Å². The van der Waals surface area contributed by atoms with Crippen LogP contribution in [0.15, 0.2) is 0 Å². The van der Waals surface area contributed by atoms with E-state index in [4.69, 9.17) is 4.74 Å². The van der Waals surface area contributed by atoms with Crippen LogP contribution in [0.25, 0.3) is 0 Å². The van der Waals surface area contributed by atoms with Gasteiger partial charge in [0.15, 0.2) is 0 Å². The van der Waals surface area contributed by atoms with Crippen LogP contribution in [0.2, 0.25) is 0 Å². The molecule has 0 aliphatic carbocycles. The first-order valence-corrected chi connectivity index (χ1v) is 3.05. The molecule has 3 nitrogen and oxygen atoms in total. The van der Waals surface area contributed by atoms with E-state index in [1.807, 2.05) is 0 Å². The molecular weight excluding hydrogens is 118 g/mol. The second-order valence-electron chi connectivity index (χ2n) is 1.70. The van der Waals surface area contributed by atoms with Crippen LogP contribution in [0.1, 0.15) is 6.42 Å². The van der Waals surface area contributed by atoms with E-state index in [2.05, 4.69) is 5.32 Å². The first-order chi connectivity index (χ1) is 4.41. The fourth-order valence-electron chi connectivity index (χ4n) is 0.460. The zero-order valence-electron chi connectivity index (χ0n) is 5.72. The lowest BCUT2D eigenvalue weighted by Gasteiger charge is -1.98. The van der Waals surface area contributed by atoms with Crippen molar-refractivity contribution in [1.29, 1.82) is 0 Å². The Morgan fingerprint density at radius 2 is 2.33 bits per heavy atom. The highest BCUT2D eigenvalue weighted by Gasteiger charge is 1.83. The van der Waals surface area contributed by atoms with E-state index < -0.39 is 0 Å². The first-order valence-electron chi connectivity index (χ1n) is 3.05. The van der Waals surface area contributed by atoms with Gasteiger partial charge >= 0.3 is 0 Å². The van der Waals surface area contributed by atoms with Gasteiger partial charge in [-0.2, -0.15) is 0 Å². The van der Waals surface area contributed by atoms with Crippen molar-refractivity contribution in [2.45, 2.75) is 6.42 Å². The summed E-state index contributed by atoms with van der Waals surface area (Å²) in [6.07, 6.45) is 1.49. The average Bonchev–Trinajstić information content (AvgIpc) is 1.89. The van der Waals surface area contributed by atoms with Crippen molar-refractivity contribution >= 4 is 6.29 Å². The Kier molecular flexibility index (Phi) is 7.24. The van der Waals surface area contributed by atoms with Crippen LogP contribution >= 0.6 is 0 Å².